The molecule has 0 aromatic heterocycles. The summed E-state index contributed by atoms with van der Waals surface area (Å²) in [6.45, 7) is 11.4. The van der Waals surface area contributed by atoms with Gasteiger partial charge in [0, 0.05) is 6.54 Å². The fourth-order valence-electron chi connectivity index (χ4n) is 0.831. The van der Waals surface area contributed by atoms with Crippen molar-refractivity contribution in [1.29, 1.82) is 0 Å². The number of rotatable bonds is 6. The van der Waals surface area contributed by atoms with Crippen molar-refractivity contribution in [1.82, 2.24) is 4.90 Å². The first-order valence-electron chi connectivity index (χ1n) is 5.27. The molecule has 0 aliphatic carbocycles. The Morgan fingerprint density at radius 2 is 1.93 bits per heavy atom. The molecule has 84 valence electrons. The summed E-state index contributed by atoms with van der Waals surface area (Å²) in [5.74, 6) is 0.869. The molecule has 0 fully saturated rings. The third kappa shape index (κ3) is 11.2. The molecular weight excluding hydrogens is 174 g/mol. The van der Waals surface area contributed by atoms with Gasteiger partial charge in [-0.25, -0.2) is 0 Å². The van der Waals surface area contributed by atoms with Gasteiger partial charge in [0.15, 0.2) is 0 Å². The lowest BCUT2D eigenvalue weighted by atomic mass is 10.4. The lowest BCUT2D eigenvalue weighted by molar-refractivity contribution is 0.207. The molecule has 0 heterocycles. The first-order chi connectivity index (χ1) is 6.70. The van der Waals surface area contributed by atoms with Crippen LogP contribution in [0.25, 0.3) is 0 Å². The van der Waals surface area contributed by atoms with E-state index in [9.17, 15) is 0 Å². The number of hydrogen-bond acceptors (Lipinski definition) is 2. The quantitative estimate of drug-likeness (QED) is 0.370. The molecule has 0 aromatic rings. The van der Waals surface area contributed by atoms with Crippen LogP contribution < -0.4 is 0 Å². The molecule has 14 heavy (non-hydrogen) atoms. The van der Waals surface area contributed by atoms with E-state index < -0.39 is 0 Å². The zero-order valence-corrected chi connectivity index (χ0v) is 10.3. The Kier molecular flexibility index (Phi) is 13.7. The second-order valence-corrected chi connectivity index (χ2v) is 2.90. The molecule has 0 aromatic carbocycles. The van der Waals surface area contributed by atoms with E-state index in [1.54, 1.807) is 6.08 Å². The molecule has 0 amide bonds. The number of hydrogen-bond donors (Lipinski definition) is 0. The predicted molar refractivity (Wildman–Crippen MR) is 64.4 cm³/mol. The fraction of sp³-hybridized carbons (Fsp3) is 0.667. The molecule has 0 atom stereocenters. The smallest absolute Gasteiger partial charge is 0.114 e. The number of ether oxygens (including phenoxy) is 1. The van der Waals surface area contributed by atoms with Gasteiger partial charge >= 0.3 is 0 Å². The van der Waals surface area contributed by atoms with Crippen LogP contribution in [0.5, 0.6) is 0 Å². The highest BCUT2D eigenvalue weighted by Crippen LogP contribution is 1.98. The van der Waals surface area contributed by atoms with Crippen LogP contribution in [-0.4, -0.2) is 32.1 Å². The molecule has 0 saturated heterocycles. The Bertz CT molecular complexity index is 150. The van der Waals surface area contributed by atoms with Crippen LogP contribution in [-0.2, 0) is 4.74 Å². The largest absolute Gasteiger partial charge is 0.494 e. The van der Waals surface area contributed by atoms with Crippen molar-refractivity contribution in [2.75, 3.05) is 27.2 Å². The van der Waals surface area contributed by atoms with Crippen molar-refractivity contribution in [3.63, 3.8) is 0 Å². The van der Waals surface area contributed by atoms with Crippen LogP contribution in [0.3, 0.4) is 0 Å². The summed E-state index contributed by atoms with van der Waals surface area (Å²) < 4.78 is 5.41. The van der Waals surface area contributed by atoms with Gasteiger partial charge in [-0.15, -0.1) is 0 Å². The normalized spacial score (nSPS) is 10.6. The number of nitrogens with zero attached hydrogens (tertiary/aromatic N) is 1. The first kappa shape index (κ1) is 15.7. The molecule has 0 unspecified atom stereocenters. The van der Waals surface area contributed by atoms with Crippen molar-refractivity contribution >= 4 is 0 Å². The second kappa shape index (κ2) is 12.2. The van der Waals surface area contributed by atoms with Crippen LogP contribution in [0.15, 0.2) is 24.5 Å². The Labute approximate surface area is 89.3 Å². The Morgan fingerprint density at radius 1 is 1.36 bits per heavy atom. The molecule has 0 saturated carbocycles. The fourth-order valence-corrected chi connectivity index (χ4v) is 0.831. The maximum absolute atomic E-state index is 5.41. The highest BCUT2D eigenvalue weighted by Gasteiger charge is 1.92. The van der Waals surface area contributed by atoms with Gasteiger partial charge < -0.3 is 9.64 Å². The monoisotopic (exact) mass is 199 g/mol. The third-order valence-electron chi connectivity index (χ3n) is 1.50. The van der Waals surface area contributed by atoms with Gasteiger partial charge in [-0.3, -0.25) is 0 Å². The molecule has 2 nitrogen and oxygen atoms in total. The summed E-state index contributed by atoms with van der Waals surface area (Å²) in [4.78, 5) is 2.15. The van der Waals surface area contributed by atoms with Crippen molar-refractivity contribution < 1.29 is 4.74 Å². The summed E-state index contributed by atoms with van der Waals surface area (Å²) in [6.07, 6.45) is 4.70. The zero-order valence-electron chi connectivity index (χ0n) is 10.3. The number of allylic oxidation sites excluding steroid dienone is 2. The van der Waals surface area contributed by atoms with Gasteiger partial charge in [0.2, 0.25) is 0 Å². The van der Waals surface area contributed by atoms with Gasteiger partial charge in [0.05, 0.1) is 6.61 Å². The standard InChI is InChI=1S/C10H19NO.C2H6/c1-5-10(6-2)12-9-7-8-11(3)4;1-2/h5-6H,1,7-9H2,2-4H3;1-2H3/b10-6+;. The van der Waals surface area contributed by atoms with Gasteiger partial charge in [-0.05, 0) is 39.6 Å². The van der Waals surface area contributed by atoms with E-state index in [-0.39, 0.29) is 0 Å². The lowest BCUT2D eigenvalue weighted by Crippen LogP contribution is -2.14. The zero-order chi connectivity index (χ0) is 11.4. The maximum Gasteiger partial charge on any atom is 0.114 e. The molecule has 0 spiro atoms. The Morgan fingerprint density at radius 3 is 2.29 bits per heavy atom. The van der Waals surface area contributed by atoms with Crippen molar-refractivity contribution in [2.45, 2.75) is 27.2 Å². The van der Waals surface area contributed by atoms with E-state index in [0.29, 0.717) is 0 Å². The van der Waals surface area contributed by atoms with E-state index >= 15 is 0 Å². The van der Waals surface area contributed by atoms with Crippen LogP contribution in [0.4, 0.5) is 0 Å². The van der Waals surface area contributed by atoms with Gasteiger partial charge in [-0.2, -0.15) is 0 Å². The van der Waals surface area contributed by atoms with Gasteiger partial charge in [0.1, 0.15) is 5.76 Å². The molecule has 0 aliphatic heterocycles. The van der Waals surface area contributed by atoms with E-state index in [2.05, 4.69) is 25.6 Å². The van der Waals surface area contributed by atoms with Crippen molar-refractivity contribution in [3.8, 4) is 0 Å². The molecular formula is C12H25NO. The minimum absolute atomic E-state index is 0.768. The van der Waals surface area contributed by atoms with Crippen LogP contribution >= 0.6 is 0 Å². The van der Waals surface area contributed by atoms with E-state index in [1.807, 2.05) is 26.8 Å². The molecule has 2 heteroatoms. The molecule has 0 rings (SSSR count). The van der Waals surface area contributed by atoms with Crippen LogP contribution in [0.2, 0.25) is 0 Å². The highest BCUT2D eigenvalue weighted by atomic mass is 16.5. The topological polar surface area (TPSA) is 12.5 Å². The van der Waals surface area contributed by atoms with Crippen molar-refractivity contribution in [3.05, 3.63) is 24.5 Å². The minimum Gasteiger partial charge on any atom is -0.494 e. The van der Waals surface area contributed by atoms with Crippen molar-refractivity contribution in [2.24, 2.45) is 0 Å². The maximum atomic E-state index is 5.41. The van der Waals surface area contributed by atoms with Gasteiger partial charge in [0.25, 0.3) is 0 Å². The third-order valence-corrected chi connectivity index (χ3v) is 1.50. The summed E-state index contributed by atoms with van der Waals surface area (Å²) >= 11 is 0. The summed E-state index contributed by atoms with van der Waals surface area (Å²) in [5.41, 5.74) is 0. The van der Waals surface area contributed by atoms with Gasteiger partial charge in [-0.1, -0.05) is 20.4 Å². The average Bonchev–Trinajstić information content (AvgIpc) is 2.21. The predicted octanol–water partition coefficient (Wildman–Crippen LogP) is 3.07. The molecule has 0 radical (unpaired) electrons. The minimum atomic E-state index is 0.768. The molecule has 0 bridgehead atoms. The molecule has 0 N–H and O–H groups in total. The SMILES string of the molecule is C=C/C(=C\C)OCCCN(C)C.CC. The molecule has 0 aliphatic rings. The van der Waals surface area contributed by atoms with E-state index in [1.165, 1.54) is 0 Å². The Hall–Kier alpha value is -0.760. The average molecular weight is 199 g/mol. The Balaban J connectivity index is 0. The summed E-state index contributed by atoms with van der Waals surface area (Å²) in [5, 5.41) is 0. The first-order valence-corrected chi connectivity index (χ1v) is 5.27. The highest BCUT2D eigenvalue weighted by molar-refractivity contribution is 5.06. The van der Waals surface area contributed by atoms with Crippen LogP contribution in [0.1, 0.15) is 27.2 Å². The van der Waals surface area contributed by atoms with Crippen LogP contribution in [0, 0.1) is 0 Å². The lowest BCUT2D eigenvalue weighted by Gasteiger charge is -2.10. The van der Waals surface area contributed by atoms with E-state index in [0.717, 1.165) is 25.3 Å². The summed E-state index contributed by atoms with van der Waals surface area (Å²) in [7, 11) is 4.12. The van der Waals surface area contributed by atoms with E-state index in [4.69, 9.17) is 4.74 Å². The summed E-state index contributed by atoms with van der Waals surface area (Å²) in [6, 6.07) is 0. The second-order valence-electron chi connectivity index (χ2n) is 2.90.